The van der Waals surface area contributed by atoms with E-state index in [0.29, 0.717) is 6.04 Å². The molecule has 3 rings (SSSR count). The van der Waals surface area contributed by atoms with Crippen molar-refractivity contribution in [3.63, 3.8) is 0 Å². The molecule has 2 heteroatoms. The summed E-state index contributed by atoms with van der Waals surface area (Å²) in [5.41, 5.74) is 2.38. The van der Waals surface area contributed by atoms with Crippen LogP contribution in [0.4, 0.5) is 0 Å². The van der Waals surface area contributed by atoms with Crippen molar-refractivity contribution in [2.24, 2.45) is 0 Å². The van der Waals surface area contributed by atoms with Gasteiger partial charge >= 0.3 is 0 Å². The largest absolute Gasteiger partial charge is 0.464 e. The minimum Gasteiger partial charge on any atom is -0.464 e. The highest BCUT2D eigenvalue weighted by molar-refractivity contribution is 5.77. The molecule has 0 radical (unpaired) electrons. The molecule has 1 unspecified atom stereocenters. The van der Waals surface area contributed by atoms with Gasteiger partial charge in [0.2, 0.25) is 0 Å². The van der Waals surface area contributed by atoms with Crippen molar-refractivity contribution in [3.05, 3.63) is 36.1 Å². The van der Waals surface area contributed by atoms with Crippen LogP contribution >= 0.6 is 0 Å². The number of hydrogen-bond acceptors (Lipinski definition) is 2. The third-order valence-electron chi connectivity index (χ3n) is 3.42. The normalized spacial score (nSPS) is 21.4. The Labute approximate surface area is 95.6 Å². The lowest BCUT2D eigenvalue weighted by atomic mass is 9.97. The van der Waals surface area contributed by atoms with Crippen LogP contribution in [0.3, 0.4) is 0 Å². The maximum atomic E-state index is 5.43. The molecule has 1 atom stereocenters. The number of hydrogen-bond donors (Lipinski definition) is 1. The van der Waals surface area contributed by atoms with Crippen LogP contribution in [0.25, 0.3) is 11.0 Å². The molecule has 1 aliphatic heterocycles. The van der Waals surface area contributed by atoms with Crippen LogP contribution in [-0.2, 0) is 6.42 Å². The van der Waals surface area contributed by atoms with Crippen molar-refractivity contribution >= 4 is 11.0 Å². The van der Waals surface area contributed by atoms with E-state index in [9.17, 15) is 0 Å². The molecular weight excluding hydrogens is 198 g/mol. The van der Waals surface area contributed by atoms with Gasteiger partial charge in [-0.25, -0.2) is 0 Å². The van der Waals surface area contributed by atoms with Crippen LogP contribution in [0.15, 0.2) is 34.9 Å². The van der Waals surface area contributed by atoms with Gasteiger partial charge in [-0.15, -0.1) is 0 Å². The van der Waals surface area contributed by atoms with Gasteiger partial charge < -0.3 is 9.73 Å². The number of benzene rings is 1. The highest BCUT2D eigenvalue weighted by atomic mass is 16.3. The van der Waals surface area contributed by atoms with Gasteiger partial charge in [-0.05, 0) is 43.5 Å². The van der Waals surface area contributed by atoms with Crippen molar-refractivity contribution < 1.29 is 4.42 Å². The van der Waals surface area contributed by atoms with Gasteiger partial charge in [-0.1, -0.05) is 18.6 Å². The maximum Gasteiger partial charge on any atom is 0.134 e. The third-order valence-corrected chi connectivity index (χ3v) is 3.42. The summed E-state index contributed by atoms with van der Waals surface area (Å²) in [6.45, 7) is 1.17. The Morgan fingerprint density at radius 2 is 2.25 bits per heavy atom. The molecule has 0 saturated carbocycles. The van der Waals surface area contributed by atoms with Gasteiger partial charge in [0.15, 0.2) is 0 Å². The standard InChI is InChI=1S/C14H17NO/c1-2-7-15-13(3-1)9-11-4-5-12-6-8-16-14(12)10-11/h4-6,8,10,13,15H,1-3,7,9H2. The molecule has 1 fully saturated rings. The minimum absolute atomic E-state index is 0.654. The summed E-state index contributed by atoms with van der Waals surface area (Å²) in [6, 6.07) is 9.20. The lowest BCUT2D eigenvalue weighted by molar-refractivity contribution is 0.399. The van der Waals surface area contributed by atoms with Crippen molar-refractivity contribution in [1.82, 2.24) is 5.32 Å². The van der Waals surface area contributed by atoms with Gasteiger partial charge in [-0.3, -0.25) is 0 Å². The van der Waals surface area contributed by atoms with E-state index in [-0.39, 0.29) is 0 Å². The predicted octanol–water partition coefficient (Wildman–Crippen LogP) is 3.12. The Bertz CT molecular complexity index is 468. The Morgan fingerprint density at radius 3 is 3.12 bits per heavy atom. The highest BCUT2D eigenvalue weighted by Gasteiger charge is 2.13. The monoisotopic (exact) mass is 215 g/mol. The second-order valence-corrected chi connectivity index (χ2v) is 4.64. The lowest BCUT2D eigenvalue weighted by Crippen LogP contribution is -2.35. The number of fused-ring (bicyclic) bond motifs is 1. The Balaban J connectivity index is 1.77. The minimum atomic E-state index is 0.654. The molecule has 0 bridgehead atoms. The summed E-state index contributed by atoms with van der Waals surface area (Å²) in [4.78, 5) is 0. The van der Waals surface area contributed by atoms with Gasteiger partial charge in [0.25, 0.3) is 0 Å². The van der Waals surface area contributed by atoms with E-state index in [1.54, 1.807) is 6.26 Å². The Morgan fingerprint density at radius 1 is 1.25 bits per heavy atom. The van der Waals surface area contributed by atoms with E-state index >= 15 is 0 Å². The number of piperidine rings is 1. The predicted molar refractivity (Wildman–Crippen MR) is 65.6 cm³/mol. The molecule has 2 heterocycles. The van der Waals surface area contributed by atoms with Crippen LogP contribution in [-0.4, -0.2) is 12.6 Å². The van der Waals surface area contributed by atoms with Crippen LogP contribution in [0.1, 0.15) is 24.8 Å². The van der Waals surface area contributed by atoms with E-state index in [2.05, 4.69) is 23.5 Å². The summed E-state index contributed by atoms with van der Waals surface area (Å²) < 4.78 is 5.43. The fraction of sp³-hybridized carbons (Fsp3) is 0.429. The second kappa shape index (κ2) is 4.30. The smallest absolute Gasteiger partial charge is 0.134 e. The fourth-order valence-corrected chi connectivity index (χ4v) is 2.51. The molecule has 1 aromatic heterocycles. The molecule has 2 aromatic rings. The molecule has 0 aliphatic carbocycles. The van der Waals surface area contributed by atoms with Crippen LogP contribution < -0.4 is 5.32 Å². The van der Waals surface area contributed by atoms with Crippen molar-refractivity contribution in [2.45, 2.75) is 31.7 Å². The molecule has 1 N–H and O–H groups in total. The molecule has 84 valence electrons. The first-order chi connectivity index (χ1) is 7.92. The summed E-state index contributed by atoms with van der Waals surface area (Å²) in [7, 11) is 0. The molecule has 1 aromatic carbocycles. The van der Waals surface area contributed by atoms with Crippen LogP contribution in [0.5, 0.6) is 0 Å². The second-order valence-electron chi connectivity index (χ2n) is 4.64. The summed E-state index contributed by atoms with van der Waals surface area (Å²) in [6.07, 6.45) is 6.87. The van der Waals surface area contributed by atoms with E-state index in [1.807, 2.05) is 6.07 Å². The van der Waals surface area contributed by atoms with Crippen molar-refractivity contribution in [2.75, 3.05) is 6.54 Å². The topological polar surface area (TPSA) is 25.2 Å². The fourth-order valence-electron chi connectivity index (χ4n) is 2.51. The SMILES string of the molecule is c1cc2ccc(CC3CCCCN3)cc2o1. The van der Waals surface area contributed by atoms with Gasteiger partial charge in [0, 0.05) is 11.4 Å². The Hall–Kier alpha value is -1.28. The number of nitrogens with one attached hydrogen (secondary N) is 1. The van der Waals surface area contributed by atoms with Crippen LogP contribution in [0, 0.1) is 0 Å². The molecule has 1 aliphatic rings. The molecule has 2 nitrogen and oxygen atoms in total. The summed E-state index contributed by atoms with van der Waals surface area (Å²) in [5.74, 6) is 0. The average molecular weight is 215 g/mol. The molecule has 16 heavy (non-hydrogen) atoms. The lowest BCUT2D eigenvalue weighted by Gasteiger charge is -2.23. The summed E-state index contributed by atoms with van der Waals surface area (Å²) >= 11 is 0. The number of rotatable bonds is 2. The van der Waals surface area contributed by atoms with E-state index in [1.165, 1.54) is 36.8 Å². The van der Waals surface area contributed by atoms with Gasteiger partial charge in [0.05, 0.1) is 6.26 Å². The number of furan rings is 1. The summed E-state index contributed by atoms with van der Waals surface area (Å²) in [5, 5.41) is 4.77. The maximum absolute atomic E-state index is 5.43. The quantitative estimate of drug-likeness (QED) is 0.832. The first-order valence-corrected chi connectivity index (χ1v) is 6.11. The first-order valence-electron chi connectivity index (χ1n) is 6.11. The molecule has 0 spiro atoms. The van der Waals surface area contributed by atoms with Crippen molar-refractivity contribution in [1.29, 1.82) is 0 Å². The molecule has 1 saturated heterocycles. The van der Waals surface area contributed by atoms with E-state index < -0.39 is 0 Å². The van der Waals surface area contributed by atoms with Crippen molar-refractivity contribution in [3.8, 4) is 0 Å². The first kappa shape index (κ1) is 9.91. The zero-order valence-corrected chi connectivity index (χ0v) is 9.41. The highest BCUT2D eigenvalue weighted by Crippen LogP contribution is 2.19. The zero-order chi connectivity index (χ0) is 10.8. The zero-order valence-electron chi connectivity index (χ0n) is 9.41. The average Bonchev–Trinajstić information content (AvgIpc) is 2.77. The Kier molecular flexibility index (Phi) is 2.66. The van der Waals surface area contributed by atoms with E-state index in [4.69, 9.17) is 4.42 Å². The molecular formula is C14H17NO. The van der Waals surface area contributed by atoms with Gasteiger partial charge in [-0.2, -0.15) is 0 Å². The van der Waals surface area contributed by atoms with Gasteiger partial charge in [0.1, 0.15) is 5.58 Å². The third kappa shape index (κ3) is 1.98. The van der Waals surface area contributed by atoms with Crippen LogP contribution in [0.2, 0.25) is 0 Å². The molecule has 0 amide bonds. The van der Waals surface area contributed by atoms with E-state index in [0.717, 1.165) is 12.0 Å².